The summed E-state index contributed by atoms with van der Waals surface area (Å²) in [6.07, 6.45) is 2.56. The summed E-state index contributed by atoms with van der Waals surface area (Å²) in [4.78, 5) is 23.7. The predicted octanol–water partition coefficient (Wildman–Crippen LogP) is 4.77. The Morgan fingerprint density at radius 2 is 2.04 bits per heavy atom. The molecule has 5 nitrogen and oxygen atoms in total. The number of nitrogens with zero attached hydrogens (tertiary/aromatic N) is 3. The lowest BCUT2D eigenvalue weighted by atomic mass is 10.1. The van der Waals surface area contributed by atoms with E-state index < -0.39 is 0 Å². The first kappa shape index (κ1) is 17.5. The van der Waals surface area contributed by atoms with E-state index in [2.05, 4.69) is 39.2 Å². The Hall–Kier alpha value is -2.92. The highest BCUT2D eigenvalue weighted by Crippen LogP contribution is 2.36. The first-order chi connectivity index (χ1) is 13.0. The Morgan fingerprint density at radius 3 is 2.85 bits per heavy atom. The highest BCUT2D eigenvalue weighted by molar-refractivity contribution is 6.30. The van der Waals surface area contributed by atoms with Crippen LogP contribution in [0, 0.1) is 6.92 Å². The van der Waals surface area contributed by atoms with E-state index in [1.807, 2.05) is 25.1 Å². The van der Waals surface area contributed by atoms with E-state index in [-0.39, 0.29) is 11.9 Å². The molecule has 0 bridgehead atoms. The Labute approximate surface area is 163 Å². The first-order valence-electron chi connectivity index (χ1n) is 8.80. The summed E-state index contributed by atoms with van der Waals surface area (Å²) >= 11 is 5.98. The number of rotatable bonds is 3. The second-order valence-electron chi connectivity index (χ2n) is 6.71. The van der Waals surface area contributed by atoms with Gasteiger partial charge in [-0.3, -0.25) is 4.79 Å². The third-order valence-electron chi connectivity index (χ3n) is 4.73. The van der Waals surface area contributed by atoms with E-state index in [0.29, 0.717) is 22.4 Å². The normalized spacial score (nSPS) is 15.5. The van der Waals surface area contributed by atoms with Gasteiger partial charge in [-0.2, -0.15) is 0 Å². The molecule has 4 rings (SSSR count). The molecule has 136 valence electrons. The topological polar surface area (TPSA) is 58.1 Å². The summed E-state index contributed by atoms with van der Waals surface area (Å²) in [5.41, 5.74) is 4.29. The number of nitrogens with one attached hydrogen (secondary N) is 1. The van der Waals surface area contributed by atoms with Crippen LogP contribution in [0.3, 0.4) is 0 Å². The van der Waals surface area contributed by atoms with Gasteiger partial charge in [0, 0.05) is 28.6 Å². The van der Waals surface area contributed by atoms with Crippen LogP contribution < -0.4 is 10.2 Å². The smallest absolute Gasteiger partial charge is 0.274 e. The molecule has 1 N–H and O–H groups in total. The lowest BCUT2D eigenvalue weighted by molar-refractivity contribution is 0.102. The number of aromatic nitrogens is 2. The van der Waals surface area contributed by atoms with E-state index in [4.69, 9.17) is 11.6 Å². The van der Waals surface area contributed by atoms with E-state index in [0.717, 1.165) is 17.7 Å². The number of anilines is 3. The average Bonchev–Trinajstić information content (AvgIpc) is 2.99. The molecule has 3 aromatic rings. The Kier molecular flexibility index (Phi) is 4.54. The van der Waals surface area contributed by atoms with Gasteiger partial charge in [0.15, 0.2) is 0 Å². The summed E-state index contributed by atoms with van der Waals surface area (Å²) in [5, 5.41) is 3.53. The van der Waals surface area contributed by atoms with Crippen LogP contribution in [-0.2, 0) is 6.42 Å². The molecule has 0 fully saturated rings. The zero-order valence-electron chi connectivity index (χ0n) is 15.1. The van der Waals surface area contributed by atoms with Crippen molar-refractivity contribution < 1.29 is 4.79 Å². The molecule has 0 aliphatic carbocycles. The fraction of sp³-hybridized carbons (Fsp3) is 0.190. The van der Waals surface area contributed by atoms with Crippen LogP contribution >= 0.6 is 11.6 Å². The molecule has 0 saturated heterocycles. The zero-order chi connectivity index (χ0) is 19.0. The number of carbonyl (C=O) groups excluding carboxylic acids is 1. The van der Waals surface area contributed by atoms with Crippen LogP contribution in [-0.4, -0.2) is 21.9 Å². The maximum Gasteiger partial charge on any atom is 0.274 e. The van der Waals surface area contributed by atoms with Crippen LogP contribution in [0.4, 0.5) is 17.3 Å². The monoisotopic (exact) mass is 378 g/mol. The van der Waals surface area contributed by atoms with Gasteiger partial charge in [-0.15, -0.1) is 0 Å². The van der Waals surface area contributed by atoms with Gasteiger partial charge in [-0.05, 0) is 61.7 Å². The maximum atomic E-state index is 12.7. The number of hydrogen-bond donors (Lipinski definition) is 1. The van der Waals surface area contributed by atoms with Crippen LogP contribution in [0.25, 0.3) is 0 Å². The molecule has 6 heteroatoms. The molecular formula is C21H19ClN4O. The van der Waals surface area contributed by atoms with Crippen molar-refractivity contribution in [3.8, 4) is 0 Å². The van der Waals surface area contributed by atoms with Crippen LogP contribution in [0.1, 0.15) is 28.5 Å². The summed E-state index contributed by atoms with van der Waals surface area (Å²) in [6, 6.07) is 15.4. The van der Waals surface area contributed by atoms with Gasteiger partial charge in [0.1, 0.15) is 5.69 Å². The van der Waals surface area contributed by atoms with Gasteiger partial charge in [0.25, 0.3) is 5.91 Å². The number of para-hydroxylation sites is 1. The SMILES string of the molecule is Cc1cc(Cl)ccc1NC(=O)c1ccnc(N2c3ccccc3CC2C)n1. The minimum Gasteiger partial charge on any atom is -0.320 e. The van der Waals surface area contributed by atoms with E-state index in [1.54, 1.807) is 24.4 Å². The molecule has 2 aromatic carbocycles. The molecule has 1 amide bonds. The van der Waals surface area contributed by atoms with Crippen molar-refractivity contribution in [1.29, 1.82) is 0 Å². The van der Waals surface area contributed by atoms with Gasteiger partial charge >= 0.3 is 0 Å². The third kappa shape index (κ3) is 3.38. The average molecular weight is 379 g/mol. The molecule has 0 saturated carbocycles. The minimum atomic E-state index is -0.274. The van der Waals surface area contributed by atoms with Gasteiger partial charge in [-0.25, -0.2) is 9.97 Å². The molecule has 1 aliphatic rings. The predicted molar refractivity (Wildman–Crippen MR) is 108 cm³/mol. The Bertz CT molecular complexity index is 1020. The molecular weight excluding hydrogens is 360 g/mol. The number of halogens is 1. The van der Waals surface area contributed by atoms with Gasteiger partial charge < -0.3 is 10.2 Å². The molecule has 1 atom stereocenters. The summed E-state index contributed by atoms with van der Waals surface area (Å²) in [7, 11) is 0. The fourth-order valence-electron chi connectivity index (χ4n) is 3.41. The van der Waals surface area contributed by atoms with Crippen LogP contribution in [0.5, 0.6) is 0 Å². The molecule has 0 spiro atoms. The molecule has 0 radical (unpaired) electrons. The number of hydrogen-bond acceptors (Lipinski definition) is 4. The van der Waals surface area contributed by atoms with E-state index >= 15 is 0 Å². The van der Waals surface area contributed by atoms with Crippen molar-refractivity contribution in [2.24, 2.45) is 0 Å². The minimum absolute atomic E-state index is 0.235. The standard InChI is InChI=1S/C21H19ClN4O/c1-13-11-16(22)7-8-17(13)24-20(27)18-9-10-23-21(25-18)26-14(2)12-15-5-3-4-6-19(15)26/h3-11,14H,12H2,1-2H3,(H,24,27). The third-order valence-corrected chi connectivity index (χ3v) is 4.97. The van der Waals surface area contributed by atoms with Crippen molar-refractivity contribution in [3.05, 3.63) is 76.6 Å². The van der Waals surface area contributed by atoms with Gasteiger partial charge in [0.05, 0.1) is 0 Å². The summed E-state index contributed by atoms with van der Waals surface area (Å²) < 4.78 is 0. The quantitative estimate of drug-likeness (QED) is 0.713. The number of benzene rings is 2. The summed E-state index contributed by atoms with van der Waals surface area (Å²) in [5.74, 6) is 0.261. The van der Waals surface area contributed by atoms with Crippen molar-refractivity contribution in [2.45, 2.75) is 26.3 Å². The van der Waals surface area contributed by atoms with Crippen molar-refractivity contribution in [2.75, 3.05) is 10.2 Å². The molecule has 1 aliphatic heterocycles. The number of aryl methyl sites for hydroxylation is 1. The lowest BCUT2D eigenvalue weighted by Gasteiger charge is -2.22. The molecule has 1 aromatic heterocycles. The molecule has 1 unspecified atom stereocenters. The Balaban J connectivity index is 1.62. The van der Waals surface area contributed by atoms with Crippen LogP contribution in [0.2, 0.25) is 5.02 Å². The van der Waals surface area contributed by atoms with Crippen molar-refractivity contribution in [1.82, 2.24) is 9.97 Å². The second kappa shape index (κ2) is 7.00. The molecule has 27 heavy (non-hydrogen) atoms. The highest BCUT2D eigenvalue weighted by Gasteiger charge is 2.29. The van der Waals surface area contributed by atoms with Crippen molar-refractivity contribution >= 4 is 34.8 Å². The zero-order valence-corrected chi connectivity index (χ0v) is 15.9. The number of amides is 1. The largest absolute Gasteiger partial charge is 0.320 e. The van der Waals surface area contributed by atoms with Crippen molar-refractivity contribution in [3.63, 3.8) is 0 Å². The maximum absolute atomic E-state index is 12.7. The number of carbonyl (C=O) groups is 1. The number of fused-ring (bicyclic) bond motifs is 1. The molecule has 2 heterocycles. The summed E-state index contributed by atoms with van der Waals surface area (Å²) in [6.45, 7) is 4.03. The van der Waals surface area contributed by atoms with E-state index in [1.165, 1.54) is 5.56 Å². The first-order valence-corrected chi connectivity index (χ1v) is 9.18. The van der Waals surface area contributed by atoms with Crippen LogP contribution in [0.15, 0.2) is 54.7 Å². The van der Waals surface area contributed by atoms with Gasteiger partial charge in [0.2, 0.25) is 5.95 Å². The van der Waals surface area contributed by atoms with Gasteiger partial charge in [-0.1, -0.05) is 29.8 Å². The highest BCUT2D eigenvalue weighted by atomic mass is 35.5. The lowest BCUT2D eigenvalue weighted by Crippen LogP contribution is -2.27. The van der Waals surface area contributed by atoms with E-state index in [9.17, 15) is 4.79 Å². The second-order valence-corrected chi connectivity index (χ2v) is 7.14. The fourth-order valence-corrected chi connectivity index (χ4v) is 3.64. The Morgan fingerprint density at radius 1 is 1.22 bits per heavy atom.